The number of hydrogen-bond acceptors (Lipinski definition) is 5. The first kappa shape index (κ1) is 18.6. The fraction of sp³-hybridized carbons (Fsp3) is 0.625. The fourth-order valence-corrected chi connectivity index (χ4v) is 4.25. The molecule has 3 heterocycles. The van der Waals surface area contributed by atoms with Crippen LogP contribution in [0.25, 0.3) is 0 Å². The molecule has 10 heteroatoms. The molecule has 0 saturated carbocycles. The van der Waals surface area contributed by atoms with Crippen molar-refractivity contribution in [3.63, 3.8) is 0 Å². The molecule has 2 aliphatic heterocycles. The summed E-state index contributed by atoms with van der Waals surface area (Å²) in [6.07, 6.45) is 4.74. The number of H-pyrrole nitrogens is 1. The highest BCUT2D eigenvalue weighted by Crippen LogP contribution is 2.19. The van der Waals surface area contributed by atoms with Gasteiger partial charge >= 0.3 is 6.03 Å². The van der Waals surface area contributed by atoms with Crippen LogP contribution in [-0.4, -0.2) is 80.8 Å². The van der Waals surface area contributed by atoms with Crippen molar-refractivity contribution in [2.24, 2.45) is 5.73 Å². The Balaban J connectivity index is 1.72. The Hall–Kier alpha value is -2.23. The Morgan fingerprint density at radius 1 is 1.35 bits per heavy atom. The number of nitrogens with zero attached hydrogens (tertiary/aromatic N) is 3. The van der Waals surface area contributed by atoms with Gasteiger partial charge in [-0.05, 0) is 12.8 Å². The molecule has 0 aliphatic carbocycles. The summed E-state index contributed by atoms with van der Waals surface area (Å²) in [6.45, 7) is 1.80. The Morgan fingerprint density at radius 3 is 2.77 bits per heavy atom. The average molecular weight is 380 g/mol. The highest BCUT2D eigenvalue weighted by atomic mass is 32.2. The first-order chi connectivity index (χ1) is 12.6. The predicted molar refractivity (Wildman–Crippen MR) is 97.4 cm³/mol. The zero-order valence-corrected chi connectivity index (χ0v) is 15.3. The molecule has 0 aromatic carbocycles. The Morgan fingerprint density at radius 2 is 2.12 bits per heavy atom. The van der Waals surface area contributed by atoms with E-state index in [-0.39, 0.29) is 18.4 Å². The van der Waals surface area contributed by atoms with E-state index in [2.05, 4.69) is 15.3 Å². The van der Waals surface area contributed by atoms with Gasteiger partial charge < -0.3 is 25.8 Å². The molecule has 0 bridgehead atoms. The minimum absolute atomic E-state index is 0.252. The number of aromatic amines is 1. The summed E-state index contributed by atoms with van der Waals surface area (Å²) in [4.78, 5) is 47.4. The summed E-state index contributed by atoms with van der Waals surface area (Å²) in [6, 6.07) is -1.62. The Labute approximate surface area is 156 Å². The van der Waals surface area contributed by atoms with Gasteiger partial charge in [0.25, 0.3) is 0 Å². The van der Waals surface area contributed by atoms with Gasteiger partial charge in [-0.3, -0.25) is 9.59 Å². The van der Waals surface area contributed by atoms with Crippen LogP contribution >= 0.6 is 11.8 Å². The third-order valence-corrected chi connectivity index (χ3v) is 5.68. The maximum Gasteiger partial charge on any atom is 0.318 e. The van der Waals surface area contributed by atoms with Crippen molar-refractivity contribution in [2.45, 2.75) is 31.3 Å². The minimum atomic E-state index is -0.766. The molecule has 4 amide bonds. The maximum absolute atomic E-state index is 13.1. The number of nitrogens with two attached hydrogens (primary N) is 1. The van der Waals surface area contributed by atoms with E-state index in [1.165, 1.54) is 11.2 Å². The van der Waals surface area contributed by atoms with Gasteiger partial charge in [-0.15, -0.1) is 0 Å². The second-order valence-corrected chi connectivity index (χ2v) is 7.70. The lowest BCUT2D eigenvalue weighted by Gasteiger charge is -2.31. The fourth-order valence-electron chi connectivity index (χ4n) is 3.35. The predicted octanol–water partition coefficient (Wildman–Crippen LogP) is -0.444. The van der Waals surface area contributed by atoms with E-state index in [1.807, 2.05) is 11.8 Å². The number of thioether (sulfide) groups is 1. The molecule has 4 N–H and O–H groups in total. The van der Waals surface area contributed by atoms with Gasteiger partial charge in [0.1, 0.15) is 12.1 Å². The largest absolute Gasteiger partial charge is 0.368 e. The number of urea groups is 1. The molecule has 1 aromatic heterocycles. The van der Waals surface area contributed by atoms with Gasteiger partial charge in [0.2, 0.25) is 11.8 Å². The van der Waals surface area contributed by atoms with E-state index in [1.54, 1.807) is 11.1 Å². The van der Waals surface area contributed by atoms with Crippen molar-refractivity contribution in [1.29, 1.82) is 0 Å². The summed E-state index contributed by atoms with van der Waals surface area (Å²) >= 11 is 1.81. The van der Waals surface area contributed by atoms with Crippen LogP contribution in [0.4, 0.5) is 4.79 Å². The second kappa shape index (κ2) is 8.43. The van der Waals surface area contributed by atoms with Crippen LogP contribution in [0.15, 0.2) is 12.5 Å². The van der Waals surface area contributed by atoms with Gasteiger partial charge in [-0.1, -0.05) is 0 Å². The molecule has 26 heavy (non-hydrogen) atoms. The minimum Gasteiger partial charge on any atom is -0.368 e. The molecule has 2 atom stereocenters. The quantitative estimate of drug-likeness (QED) is 0.638. The number of hydrogen-bond donors (Lipinski definition) is 3. The van der Waals surface area contributed by atoms with E-state index in [0.29, 0.717) is 26.1 Å². The molecule has 2 saturated heterocycles. The van der Waals surface area contributed by atoms with Crippen molar-refractivity contribution in [3.05, 3.63) is 18.2 Å². The van der Waals surface area contributed by atoms with Crippen LogP contribution in [0.3, 0.4) is 0 Å². The lowest BCUT2D eigenvalue weighted by molar-refractivity contribution is -0.138. The van der Waals surface area contributed by atoms with Gasteiger partial charge in [-0.25, -0.2) is 9.78 Å². The summed E-state index contributed by atoms with van der Waals surface area (Å²) < 4.78 is 0. The molecule has 0 spiro atoms. The number of carbonyl (C=O) groups excluding carboxylic acids is 3. The zero-order chi connectivity index (χ0) is 18.5. The Bertz CT molecular complexity index is 646. The van der Waals surface area contributed by atoms with E-state index in [4.69, 9.17) is 5.73 Å². The lowest BCUT2D eigenvalue weighted by atomic mass is 10.1. The van der Waals surface area contributed by atoms with Gasteiger partial charge in [0, 0.05) is 49.5 Å². The van der Waals surface area contributed by atoms with Crippen LogP contribution in [0.5, 0.6) is 0 Å². The third kappa shape index (κ3) is 4.29. The number of primary amides is 1. The van der Waals surface area contributed by atoms with E-state index < -0.39 is 18.0 Å². The van der Waals surface area contributed by atoms with Gasteiger partial charge in [0.05, 0.1) is 6.33 Å². The molecule has 142 valence electrons. The SMILES string of the molecule is NC(=O)[C@@H]1CCCN1C(=O)[C@H](Cc1cnc[nH]1)NC(=O)N1CCSCC1. The first-order valence-corrected chi connectivity index (χ1v) is 9.92. The average Bonchev–Trinajstić information content (AvgIpc) is 3.33. The van der Waals surface area contributed by atoms with Crippen LogP contribution in [0, 0.1) is 0 Å². The number of carbonyl (C=O) groups is 3. The highest BCUT2D eigenvalue weighted by Gasteiger charge is 2.37. The number of nitrogens with one attached hydrogen (secondary N) is 2. The molecule has 1 aromatic rings. The summed E-state index contributed by atoms with van der Waals surface area (Å²) in [7, 11) is 0. The molecule has 0 unspecified atom stereocenters. The number of amides is 4. The van der Waals surface area contributed by atoms with E-state index >= 15 is 0 Å². The zero-order valence-electron chi connectivity index (χ0n) is 14.5. The molecule has 9 nitrogen and oxygen atoms in total. The second-order valence-electron chi connectivity index (χ2n) is 6.47. The monoisotopic (exact) mass is 380 g/mol. The number of imidazole rings is 1. The normalized spacial score (nSPS) is 21.5. The van der Waals surface area contributed by atoms with Crippen molar-refractivity contribution in [3.8, 4) is 0 Å². The summed E-state index contributed by atoms with van der Waals surface area (Å²) in [5.41, 5.74) is 6.18. The summed E-state index contributed by atoms with van der Waals surface area (Å²) in [5, 5.41) is 2.85. The topological polar surface area (TPSA) is 124 Å². The molecular formula is C16H24N6O3S. The maximum atomic E-state index is 13.1. The molecule has 3 rings (SSSR count). The standard InChI is InChI=1S/C16H24N6O3S/c17-14(23)13-2-1-3-22(13)15(24)12(8-11-9-18-10-19-11)20-16(25)21-4-6-26-7-5-21/h9-10,12-13H,1-8H2,(H2,17,23)(H,18,19)(H,20,25)/t12-,13-/m0/s1. The van der Waals surface area contributed by atoms with E-state index in [0.717, 1.165) is 23.6 Å². The molecular weight excluding hydrogens is 356 g/mol. The molecule has 0 radical (unpaired) electrons. The number of rotatable bonds is 5. The summed E-state index contributed by atoms with van der Waals surface area (Å²) in [5.74, 6) is 1.00. The van der Waals surface area contributed by atoms with Crippen LogP contribution in [-0.2, 0) is 16.0 Å². The van der Waals surface area contributed by atoms with Crippen molar-refractivity contribution in [1.82, 2.24) is 25.1 Å². The van der Waals surface area contributed by atoms with Crippen molar-refractivity contribution >= 4 is 29.6 Å². The van der Waals surface area contributed by atoms with Crippen molar-refractivity contribution in [2.75, 3.05) is 31.1 Å². The first-order valence-electron chi connectivity index (χ1n) is 8.76. The molecule has 2 aliphatic rings. The van der Waals surface area contributed by atoms with Gasteiger partial charge in [-0.2, -0.15) is 11.8 Å². The Kier molecular flexibility index (Phi) is 6.02. The smallest absolute Gasteiger partial charge is 0.318 e. The number of likely N-dealkylation sites (tertiary alicyclic amines) is 1. The van der Waals surface area contributed by atoms with Crippen molar-refractivity contribution < 1.29 is 14.4 Å². The van der Waals surface area contributed by atoms with Crippen LogP contribution in [0.1, 0.15) is 18.5 Å². The van der Waals surface area contributed by atoms with Crippen LogP contribution in [0.2, 0.25) is 0 Å². The number of aromatic nitrogens is 2. The lowest BCUT2D eigenvalue weighted by Crippen LogP contribution is -2.56. The van der Waals surface area contributed by atoms with Gasteiger partial charge in [0.15, 0.2) is 0 Å². The van der Waals surface area contributed by atoms with Crippen LogP contribution < -0.4 is 11.1 Å². The third-order valence-electron chi connectivity index (χ3n) is 4.74. The highest BCUT2D eigenvalue weighted by molar-refractivity contribution is 7.99. The molecule has 2 fully saturated rings. The van der Waals surface area contributed by atoms with E-state index in [9.17, 15) is 14.4 Å².